The lowest BCUT2D eigenvalue weighted by Crippen LogP contribution is -2.30. The highest BCUT2D eigenvalue weighted by molar-refractivity contribution is 6.32. The summed E-state index contributed by atoms with van der Waals surface area (Å²) in [6.45, 7) is 0. The number of rotatable bonds is 3. The number of hydrogen-bond donors (Lipinski definition) is 2. The van der Waals surface area contributed by atoms with Gasteiger partial charge in [0.1, 0.15) is 0 Å². The monoisotopic (exact) mass is 267 g/mol. The zero-order valence-electron chi connectivity index (χ0n) is 8.90. The van der Waals surface area contributed by atoms with Crippen LogP contribution < -0.4 is 11.3 Å². The Labute approximate surface area is 110 Å². The minimum atomic E-state index is -0.322. The number of nitrogens with zero attached hydrogens (tertiary/aromatic N) is 1. The summed E-state index contributed by atoms with van der Waals surface area (Å²) in [5.74, 6) is 5.57. The fraction of sp³-hybridized carbons (Fsp3) is 0.0833. The number of pyridine rings is 1. The molecular weight excluding hydrogens is 257 g/mol. The van der Waals surface area contributed by atoms with Crippen LogP contribution in [0.2, 0.25) is 10.0 Å². The van der Waals surface area contributed by atoms with Crippen LogP contribution in [-0.2, 0) is 0 Å². The third-order valence-corrected chi connectivity index (χ3v) is 3.11. The van der Waals surface area contributed by atoms with Gasteiger partial charge in [0.2, 0.25) is 0 Å². The maximum absolute atomic E-state index is 6.13. The zero-order valence-corrected chi connectivity index (χ0v) is 10.4. The average molecular weight is 268 g/mol. The molecule has 0 saturated heterocycles. The topological polar surface area (TPSA) is 50.9 Å². The van der Waals surface area contributed by atoms with Crippen LogP contribution in [0.25, 0.3) is 0 Å². The van der Waals surface area contributed by atoms with Crippen LogP contribution >= 0.6 is 23.2 Å². The van der Waals surface area contributed by atoms with E-state index in [1.165, 1.54) is 0 Å². The Hall–Kier alpha value is -1.13. The number of hydrogen-bond acceptors (Lipinski definition) is 3. The number of aromatic nitrogens is 1. The number of hydrazine groups is 1. The van der Waals surface area contributed by atoms with Crippen molar-refractivity contribution in [1.82, 2.24) is 10.4 Å². The fourth-order valence-electron chi connectivity index (χ4n) is 1.64. The molecule has 0 spiro atoms. The molecule has 0 fully saturated rings. The third kappa shape index (κ3) is 2.58. The van der Waals surface area contributed by atoms with Crippen LogP contribution in [0.4, 0.5) is 0 Å². The van der Waals surface area contributed by atoms with E-state index < -0.39 is 0 Å². The van der Waals surface area contributed by atoms with Gasteiger partial charge in [0.25, 0.3) is 0 Å². The second-order valence-corrected chi connectivity index (χ2v) is 4.31. The number of nitrogens with two attached hydrogens (primary N) is 1. The molecule has 3 nitrogen and oxygen atoms in total. The molecule has 3 N–H and O–H groups in total. The Kier molecular flexibility index (Phi) is 3.97. The smallest absolute Gasteiger partial charge is 0.0910 e. The van der Waals surface area contributed by atoms with E-state index in [0.717, 1.165) is 5.56 Å². The first-order chi connectivity index (χ1) is 8.24. The largest absolute Gasteiger partial charge is 0.271 e. The van der Waals surface area contributed by atoms with Gasteiger partial charge in [-0.15, -0.1) is 0 Å². The van der Waals surface area contributed by atoms with E-state index in [1.54, 1.807) is 24.4 Å². The molecule has 1 unspecified atom stereocenters. The lowest BCUT2D eigenvalue weighted by molar-refractivity contribution is 0.621. The first-order valence-corrected chi connectivity index (χ1v) is 5.80. The molecule has 1 heterocycles. The second kappa shape index (κ2) is 5.47. The van der Waals surface area contributed by atoms with Crippen molar-refractivity contribution in [2.75, 3.05) is 0 Å². The van der Waals surface area contributed by atoms with Crippen molar-refractivity contribution in [1.29, 1.82) is 0 Å². The Bertz CT molecular complexity index is 471. The quantitative estimate of drug-likeness (QED) is 0.664. The number of nitrogens with one attached hydrogen (secondary N) is 1. The molecule has 2 aromatic rings. The predicted octanol–water partition coefficient (Wildman–Crippen LogP) is 2.94. The van der Waals surface area contributed by atoms with Gasteiger partial charge < -0.3 is 0 Å². The van der Waals surface area contributed by atoms with Gasteiger partial charge in [-0.25, -0.2) is 5.43 Å². The molecule has 0 radical (unpaired) electrons. The van der Waals surface area contributed by atoms with E-state index in [-0.39, 0.29) is 6.04 Å². The fourth-order valence-corrected chi connectivity index (χ4v) is 2.11. The molecule has 5 heteroatoms. The summed E-state index contributed by atoms with van der Waals surface area (Å²) in [5, 5.41) is 1.17. The molecule has 0 bridgehead atoms. The minimum Gasteiger partial charge on any atom is -0.271 e. The molecule has 0 amide bonds. The van der Waals surface area contributed by atoms with Crippen molar-refractivity contribution < 1.29 is 0 Å². The highest BCUT2D eigenvalue weighted by Gasteiger charge is 2.18. The SMILES string of the molecule is NNC(c1ccccc1Cl)c1ncccc1Cl. The lowest BCUT2D eigenvalue weighted by atomic mass is 10.0. The van der Waals surface area contributed by atoms with Gasteiger partial charge in [-0.05, 0) is 23.8 Å². The van der Waals surface area contributed by atoms with E-state index in [1.807, 2.05) is 18.2 Å². The standard InChI is InChI=1S/C12H11Cl2N3/c13-9-5-2-1-4-8(9)11(17-15)12-10(14)6-3-7-16-12/h1-7,11,17H,15H2. The average Bonchev–Trinajstić information content (AvgIpc) is 2.34. The molecule has 2 rings (SSSR count). The van der Waals surface area contributed by atoms with E-state index in [2.05, 4.69) is 10.4 Å². The predicted molar refractivity (Wildman–Crippen MR) is 69.9 cm³/mol. The van der Waals surface area contributed by atoms with Crippen molar-refractivity contribution in [2.45, 2.75) is 6.04 Å². The summed E-state index contributed by atoms with van der Waals surface area (Å²) in [5.41, 5.74) is 4.19. The van der Waals surface area contributed by atoms with E-state index in [9.17, 15) is 0 Å². The Morgan fingerprint density at radius 2 is 1.76 bits per heavy atom. The summed E-state index contributed by atoms with van der Waals surface area (Å²) < 4.78 is 0. The highest BCUT2D eigenvalue weighted by atomic mass is 35.5. The van der Waals surface area contributed by atoms with Gasteiger partial charge in [-0.1, -0.05) is 41.4 Å². The summed E-state index contributed by atoms with van der Waals surface area (Å²) >= 11 is 12.2. The van der Waals surface area contributed by atoms with Crippen molar-refractivity contribution in [3.63, 3.8) is 0 Å². The Balaban J connectivity index is 2.48. The van der Waals surface area contributed by atoms with Crippen molar-refractivity contribution >= 4 is 23.2 Å². The molecule has 0 aliphatic carbocycles. The van der Waals surface area contributed by atoms with E-state index >= 15 is 0 Å². The first-order valence-electron chi connectivity index (χ1n) is 5.05. The van der Waals surface area contributed by atoms with Crippen LogP contribution in [-0.4, -0.2) is 4.98 Å². The van der Waals surface area contributed by atoms with Crippen LogP contribution in [0.1, 0.15) is 17.3 Å². The zero-order chi connectivity index (χ0) is 12.3. The molecule has 17 heavy (non-hydrogen) atoms. The van der Waals surface area contributed by atoms with E-state index in [0.29, 0.717) is 15.7 Å². The van der Waals surface area contributed by atoms with Crippen molar-refractivity contribution in [2.24, 2.45) is 5.84 Å². The highest BCUT2D eigenvalue weighted by Crippen LogP contribution is 2.29. The summed E-state index contributed by atoms with van der Waals surface area (Å²) in [6, 6.07) is 10.7. The number of halogens is 2. The minimum absolute atomic E-state index is 0.322. The molecule has 1 aromatic heterocycles. The van der Waals surface area contributed by atoms with E-state index in [4.69, 9.17) is 29.0 Å². The van der Waals surface area contributed by atoms with Crippen molar-refractivity contribution in [3.05, 3.63) is 63.9 Å². The van der Waals surface area contributed by atoms with Crippen LogP contribution in [0, 0.1) is 0 Å². The molecule has 0 aliphatic heterocycles. The van der Waals surface area contributed by atoms with Crippen LogP contribution in [0.5, 0.6) is 0 Å². The molecular formula is C12H11Cl2N3. The van der Waals surface area contributed by atoms with Gasteiger partial charge >= 0.3 is 0 Å². The normalized spacial score (nSPS) is 12.4. The number of benzene rings is 1. The second-order valence-electron chi connectivity index (χ2n) is 3.49. The summed E-state index contributed by atoms with van der Waals surface area (Å²) in [4.78, 5) is 4.23. The molecule has 0 aliphatic rings. The summed E-state index contributed by atoms with van der Waals surface area (Å²) in [7, 11) is 0. The lowest BCUT2D eigenvalue weighted by Gasteiger charge is -2.18. The van der Waals surface area contributed by atoms with Gasteiger partial charge in [0.05, 0.1) is 16.8 Å². The summed E-state index contributed by atoms with van der Waals surface area (Å²) in [6.07, 6.45) is 1.67. The maximum Gasteiger partial charge on any atom is 0.0910 e. The Morgan fingerprint density at radius 3 is 2.41 bits per heavy atom. The molecule has 1 aromatic carbocycles. The first kappa shape index (κ1) is 12.3. The molecule has 1 atom stereocenters. The Morgan fingerprint density at radius 1 is 1.06 bits per heavy atom. The third-order valence-electron chi connectivity index (χ3n) is 2.44. The van der Waals surface area contributed by atoms with Gasteiger partial charge in [0, 0.05) is 11.2 Å². The van der Waals surface area contributed by atoms with Gasteiger partial charge in [0.15, 0.2) is 0 Å². The molecule has 0 saturated carbocycles. The maximum atomic E-state index is 6.13. The van der Waals surface area contributed by atoms with Gasteiger partial charge in [-0.2, -0.15) is 0 Å². The van der Waals surface area contributed by atoms with Gasteiger partial charge in [-0.3, -0.25) is 10.8 Å². The van der Waals surface area contributed by atoms with Crippen molar-refractivity contribution in [3.8, 4) is 0 Å². The van der Waals surface area contributed by atoms with Crippen LogP contribution in [0.15, 0.2) is 42.6 Å². The van der Waals surface area contributed by atoms with Crippen LogP contribution in [0.3, 0.4) is 0 Å². The molecule has 88 valence electrons.